The number of benzene rings is 1. The summed E-state index contributed by atoms with van der Waals surface area (Å²) in [7, 11) is 0. The van der Waals surface area contributed by atoms with Gasteiger partial charge in [0.1, 0.15) is 5.82 Å². The van der Waals surface area contributed by atoms with Crippen LogP contribution in [0.2, 0.25) is 0 Å². The molecule has 1 aliphatic carbocycles. The van der Waals surface area contributed by atoms with Crippen molar-refractivity contribution in [3.05, 3.63) is 35.1 Å². The van der Waals surface area contributed by atoms with E-state index in [1.807, 2.05) is 6.92 Å². The highest BCUT2D eigenvalue weighted by Crippen LogP contribution is 2.19. The minimum absolute atomic E-state index is 0.0115. The second-order valence-electron chi connectivity index (χ2n) is 3.96. The van der Waals surface area contributed by atoms with Gasteiger partial charge in [-0.3, -0.25) is 4.79 Å². The first-order valence-corrected chi connectivity index (χ1v) is 4.90. The summed E-state index contributed by atoms with van der Waals surface area (Å²) in [6.45, 7) is 1.82. The van der Waals surface area contributed by atoms with E-state index in [1.165, 1.54) is 6.07 Å². The van der Waals surface area contributed by atoms with Crippen molar-refractivity contribution in [3.8, 4) is 0 Å². The van der Waals surface area contributed by atoms with Crippen LogP contribution in [-0.2, 0) is 0 Å². The highest BCUT2D eigenvalue weighted by molar-refractivity contribution is 5.95. The van der Waals surface area contributed by atoms with E-state index in [4.69, 9.17) is 5.73 Å². The van der Waals surface area contributed by atoms with E-state index in [1.54, 1.807) is 12.1 Å². The van der Waals surface area contributed by atoms with Crippen LogP contribution in [0.25, 0.3) is 0 Å². The lowest BCUT2D eigenvalue weighted by atomic mass is 10.1. The molecule has 2 atom stereocenters. The lowest BCUT2D eigenvalue weighted by Crippen LogP contribution is -2.30. The zero-order valence-electron chi connectivity index (χ0n) is 8.46. The summed E-state index contributed by atoms with van der Waals surface area (Å²) in [5.41, 5.74) is 6.51. The molecule has 3 N–H and O–H groups in total. The molecular formula is C11H13FN2O. The van der Waals surface area contributed by atoms with E-state index in [0.717, 1.165) is 12.0 Å². The molecule has 0 heterocycles. The fourth-order valence-corrected chi connectivity index (χ4v) is 1.44. The number of halogens is 1. The van der Waals surface area contributed by atoms with Crippen molar-refractivity contribution >= 4 is 5.91 Å². The number of amides is 1. The summed E-state index contributed by atoms with van der Waals surface area (Å²) >= 11 is 0. The van der Waals surface area contributed by atoms with Crippen LogP contribution in [0.5, 0.6) is 0 Å². The number of hydrogen-bond donors (Lipinski definition) is 2. The normalized spacial score (nSPS) is 23.7. The van der Waals surface area contributed by atoms with Crippen LogP contribution in [0.3, 0.4) is 0 Å². The summed E-state index contributed by atoms with van der Waals surface area (Å²) in [6.07, 6.45) is 0.777. The van der Waals surface area contributed by atoms with Gasteiger partial charge in [0.2, 0.25) is 0 Å². The Kier molecular flexibility index (Phi) is 2.44. The first kappa shape index (κ1) is 10.1. The monoisotopic (exact) mass is 208 g/mol. The molecule has 3 nitrogen and oxygen atoms in total. The predicted molar refractivity (Wildman–Crippen MR) is 55.0 cm³/mol. The van der Waals surface area contributed by atoms with Crippen molar-refractivity contribution < 1.29 is 9.18 Å². The molecule has 2 rings (SSSR count). The molecule has 4 heteroatoms. The smallest absolute Gasteiger partial charge is 0.254 e. The number of nitrogens with one attached hydrogen (secondary N) is 1. The summed E-state index contributed by atoms with van der Waals surface area (Å²) in [5.74, 6) is -0.874. The van der Waals surface area contributed by atoms with Crippen LogP contribution in [0.4, 0.5) is 4.39 Å². The van der Waals surface area contributed by atoms with E-state index < -0.39 is 5.82 Å². The molecule has 1 aromatic rings. The van der Waals surface area contributed by atoms with Gasteiger partial charge in [-0.1, -0.05) is 11.6 Å². The third-order valence-corrected chi connectivity index (χ3v) is 2.52. The molecule has 0 spiro atoms. The van der Waals surface area contributed by atoms with Gasteiger partial charge in [-0.25, -0.2) is 4.39 Å². The van der Waals surface area contributed by atoms with Gasteiger partial charge in [0.15, 0.2) is 0 Å². The molecule has 0 radical (unpaired) electrons. The van der Waals surface area contributed by atoms with Crippen molar-refractivity contribution in [1.82, 2.24) is 5.32 Å². The van der Waals surface area contributed by atoms with E-state index >= 15 is 0 Å². The van der Waals surface area contributed by atoms with E-state index in [9.17, 15) is 9.18 Å². The number of hydrogen-bond acceptors (Lipinski definition) is 2. The van der Waals surface area contributed by atoms with Crippen LogP contribution in [0, 0.1) is 12.7 Å². The standard InChI is InChI=1S/C11H13FN2O/c1-6-2-3-8(12)7(4-6)11(15)14-10-5-9(10)13/h2-4,9-10H,5,13H2,1H3,(H,14,15). The van der Waals surface area contributed by atoms with Crippen molar-refractivity contribution in [2.75, 3.05) is 0 Å². The van der Waals surface area contributed by atoms with Crippen LogP contribution < -0.4 is 11.1 Å². The van der Waals surface area contributed by atoms with Crippen LogP contribution in [-0.4, -0.2) is 18.0 Å². The molecule has 15 heavy (non-hydrogen) atoms. The number of rotatable bonds is 2. The molecule has 0 bridgehead atoms. The molecule has 1 amide bonds. The first-order valence-electron chi connectivity index (χ1n) is 4.90. The van der Waals surface area contributed by atoms with Crippen LogP contribution in [0.15, 0.2) is 18.2 Å². The molecule has 1 saturated carbocycles. The Morgan fingerprint density at radius 1 is 1.60 bits per heavy atom. The molecule has 2 unspecified atom stereocenters. The topological polar surface area (TPSA) is 55.1 Å². The summed E-state index contributed by atoms with van der Waals surface area (Å²) in [4.78, 5) is 11.6. The maximum atomic E-state index is 13.3. The van der Waals surface area contributed by atoms with Gasteiger partial charge in [-0.05, 0) is 25.5 Å². The van der Waals surface area contributed by atoms with Crippen molar-refractivity contribution in [2.24, 2.45) is 5.73 Å². The molecule has 1 fully saturated rings. The van der Waals surface area contributed by atoms with Gasteiger partial charge < -0.3 is 11.1 Å². The van der Waals surface area contributed by atoms with E-state index in [-0.39, 0.29) is 23.6 Å². The summed E-state index contributed by atoms with van der Waals surface area (Å²) < 4.78 is 13.3. The SMILES string of the molecule is Cc1ccc(F)c(C(=O)NC2CC2N)c1. The van der Waals surface area contributed by atoms with Gasteiger partial charge >= 0.3 is 0 Å². The maximum absolute atomic E-state index is 13.3. The molecule has 0 aliphatic heterocycles. The lowest BCUT2D eigenvalue weighted by Gasteiger charge is -2.05. The van der Waals surface area contributed by atoms with Gasteiger partial charge in [0, 0.05) is 12.1 Å². The quantitative estimate of drug-likeness (QED) is 0.760. The van der Waals surface area contributed by atoms with E-state index in [0.29, 0.717) is 0 Å². The fourth-order valence-electron chi connectivity index (χ4n) is 1.44. The number of carbonyl (C=O) groups excluding carboxylic acids is 1. The van der Waals surface area contributed by atoms with Crippen LogP contribution in [0.1, 0.15) is 22.3 Å². The molecule has 1 aliphatic rings. The molecule has 0 aromatic heterocycles. The lowest BCUT2D eigenvalue weighted by molar-refractivity contribution is 0.0946. The summed E-state index contributed by atoms with van der Waals surface area (Å²) in [5, 5.41) is 2.68. The van der Waals surface area contributed by atoms with Crippen molar-refractivity contribution in [2.45, 2.75) is 25.4 Å². The third-order valence-electron chi connectivity index (χ3n) is 2.52. The largest absolute Gasteiger partial charge is 0.348 e. The zero-order valence-corrected chi connectivity index (χ0v) is 8.46. The Hall–Kier alpha value is -1.42. The van der Waals surface area contributed by atoms with Gasteiger partial charge in [0.05, 0.1) is 5.56 Å². The summed E-state index contributed by atoms with van der Waals surface area (Å²) in [6, 6.07) is 4.52. The molecule has 0 saturated heterocycles. The second kappa shape index (κ2) is 3.62. The highest BCUT2D eigenvalue weighted by Gasteiger charge is 2.35. The number of carbonyl (C=O) groups is 1. The Morgan fingerprint density at radius 2 is 2.27 bits per heavy atom. The molecular weight excluding hydrogens is 195 g/mol. The van der Waals surface area contributed by atoms with E-state index in [2.05, 4.69) is 5.32 Å². The Balaban J connectivity index is 2.14. The Morgan fingerprint density at radius 3 is 2.87 bits per heavy atom. The van der Waals surface area contributed by atoms with Gasteiger partial charge in [-0.2, -0.15) is 0 Å². The Labute approximate surface area is 87.5 Å². The minimum Gasteiger partial charge on any atom is -0.348 e. The predicted octanol–water partition coefficient (Wildman–Crippen LogP) is 0.964. The average molecular weight is 208 g/mol. The number of aryl methyl sites for hydroxylation is 1. The fraction of sp³-hybridized carbons (Fsp3) is 0.364. The zero-order chi connectivity index (χ0) is 11.0. The van der Waals surface area contributed by atoms with Crippen molar-refractivity contribution in [3.63, 3.8) is 0 Å². The van der Waals surface area contributed by atoms with Gasteiger partial charge in [0.25, 0.3) is 5.91 Å². The maximum Gasteiger partial charge on any atom is 0.254 e. The molecule has 80 valence electrons. The minimum atomic E-state index is -0.493. The first-order chi connectivity index (χ1) is 7.08. The average Bonchev–Trinajstić information content (AvgIpc) is 2.86. The molecule has 1 aromatic carbocycles. The number of nitrogens with two attached hydrogens (primary N) is 1. The second-order valence-corrected chi connectivity index (χ2v) is 3.96. The highest BCUT2D eigenvalue weighted by atomic mass is 19.1. The van der Waals surface area contributed by atoms with Gasteiger partial charge in [-0.15, -0.1) is 0 Å². The van der Waals surface area contributed by atoms with Crippen LogP contribution >= 0.6 is 0 Å². The Bertz CT molecular complexity index is 406. The third kappa shape index (κ3) is 2.15. The van der Waals surface area contributed by atoms with Crippen molar-refractivity contribution in [1.29, 1.82) is 0 Å².